The van der Waals surface area contributed by atoms with E-state index in [0.717, 1.165) is 43.7 Å². The van der Waals surface area contributed by atoms with Gasteiger partial charge < -0.3 is 15.5 Å². The molecule has 0 atom stereocenters. The van der Waals surface area contributed by atoms with E-state index >= 15 is 0 Å². The van der Waals surface area contributed by atoms with Gasteiger partial charge in [0.25, 0.3) is 5.91 Å². The summed E-state index contributed by atoms with van der Waals surface area (Å²) in [6.07, 6.45) is 3.24. The lowest BCUT2D eigenvalue weighted by molar-refractivity contribution is 0.0938. The van der Waals surface area contributed by atoms with E-state index in [0.29, 0.717) is 5.92 Å². The first-order valence-electron chi connectivity index (χ1n) is 7.90. The van der Waals surface area contributed by atoms with Crippen molar-refractivity contribution >= 4 is 5.91 Å². The number of piperidine rings is 1. The number of carbonyl (C=O) groups is 1. The third-order valence-electron chi connectivity index (χ3n) is 4.30. The monoisotopic (exact) mass is 289 g/mol. The van der Waals surface area contributed by atoms with E-state index in [-0.39, 0.29) is 5.91 Å². The van der Waals surface area contributed by atoms with Crippen LogP contribution in [0.3, 0.4) is 0 Å². The summed E-state index contributed by atoms with van der Waals surface area (Å²) in [6.45, 7) is 3.96. The first kappa shape index (κ1) is 16.0. The first-order valence-corrected chi connectivity index (χ1v) is 7.90. The summed E-state index contributed by atoms with van der Waals surface area (Å²) in [6, 6.07) is 7.91. The van der Waals surface area contributed by atoms with Crippen LogP contribution in [-0.4, -0.2) is 51.1 Å². The van der Waals surface area contributed by atoms with E-state index in [1.807, 2.05) is 31.3 Å². The highest BCUT2D eigenvalue weighted by molar-refractivity contribution is 5.95. The van der Waals surface area contributed by atoms with Crippen LogP contribution in [0.2, 0.25) is 0 Å². The van der Waals surface area contributed by atoms with Crippen molar-refractivity contribution in [1.82, 2.24) is 15.5 Å². The second kappa shape index (κ2) is 8.15. The highest BCUT2D eigenvalue weighted by Gasteiger charge is 2.18. The molecule has 4 nitrogen and oxygen atoms in total. The Labute approximate surface area is 127 Å². The number of nitrogens with one attached hydrogen (secondary N) is 2. The van der Waals surface area contributed by atoms with Gasteiger partial charge in [0.05, 0.1) is 0 Å². The molecule has 21 heavy (non-hydrogen) atoms. The first-order chi connectivity index (χ1) is 10.2. The third-order valence-corrected chi connectivity index (χ3v) is 4.30. The van der Waals surface area contributed by atoms with E-state index < -0.39 is 0 Å². The molecular formula is C17H27N3O. The van der Waals surface area contributed by atoms with Crippen molar-refractivity contribution in [3.63, 3.8) is 0 Å². The number of rotatable bonds is 6. The van der Waals surface area contributed by atoms with E-state index in [9.17, 15) is 4.79 Å². The molecule has 1 aliphatic rings. The maximum absolute atomic E-state index is 12.4. The molecule has 0 radical (unpaired) electrons. The average molecular weight is 289 g/mol. The molecule has 0 bridgehead atoms. The largest absolute Gasteiger partial charge is 0.352 e. The van der Waals surface area contributed by atoms with Gasteiger partial charge in [-0.3, -0.25) is 4.79 Å². The zero-order chi connectivity index (χ0) is 15.1. The molecule has 1 amide bonds. The van der Waals surface area contributed by atoms with E-state index in [1.54, 1.807) is 0 Å². The van der Waals surface area contributed by atoms with Crippen LogP contribution in [0.25, 0.3) is 0 Å². The van der Waals surface area contributed by atoms with Gasteiger partial charge in [-0.05, 0) is 70.5 Å². The number of likely N-dealkylation sites (N-methyl/N-ethyl adjacent to an activating group) is 1. The minimum absolute atomic E-state index is 0.0700. The SMILES string of the molecule is CNCCc1ccccc1C(=O)NCC1CCN(C)CC1. The lowest BCUT2D eigenvalue weighted by Gasteiger charge is -2.29. The summed E-state index contributed by atoms with van der Waals surface area (Å²) in [5.41, 5.74) is 1.94. The molecule has 1 aromatic rings. The number of hydrogen-bond acceptors (Lipinski definition) is 3. The maximum atomic E-state index is 12.4. The minimum Gasteiger partial charge on any atom is -0.352 e. The molecule has 2 N–H and O–H groups in total. The Hall–Kier alpha value is -1.39. The summed E-state index contributed by atoms with van der Waals surface area (Å²) in [4.78, 5) is 14.7. The van der Waals surface area contributed by atoms with Crippen molar-refractivity contribution in [2.24, 2.45) is 5.92 Å². The highest BCUT2D eigenvalue weighted by atomic mass is 16.1. The van der Waals surface area contributed by atoms with Crippen molar-refractivity contribution in [3.05, 3.63) is 35.4 Å². The Morgan fingerprint density at radius 1 is 1.29 bits per heavy atom. The summed E-state index contributed by atoms with van der Waals surface area (Å²) in [5, 5.41) is 6.26. The molecule has 116 valence electrons. The van der Waals surface area contributed by atoms with Gasteiger partial charge in [0.2, 0.25) is 0 Å². The van der Waals surface area contributed by atoms with Gasteiger partial charge in [0.1, 0.15) is 0 Å². The normalized spacial score (nSPS) is 16.9. The molecular weight excluding hydrogens is 262 g/mol. The minimum atomic E-state index is 0.0700. The number of benzene rings is 1. The quantitative estimate of drug-likeness (QED) is 0.834. The standard InChI is InChI=1S/C17H27N3O/c1-18-10-7-15-5-3-4-6-16(15)17(21)19-13-14-8-11-20(2)12-9-14/h3-6,14,18H,7-13H2,1-2H3,(H,19,21). The van der Waals surface area contributed by atoms with Crippen LogP contribution in [0.5, 0.6) is 0 Å². The van der Waals surface area contributed by atoms with Crippen LogP contribution in [0.15, 0.2) is 24.3 Å². The van der Waals surface area contributed by atoms with E-state index in [4.69, 9.17) is 0 Å². The molecule has 0 unspecified atom stereocenters. The zero-order valence-electron chi connectivity index (χ0n) is 13.2. The summed E-state index contributed by atoms with van der Waals surface area (Å²) < 4.78 is 0. The summed E-state index contributed by atoms with van der Waals surface area (Å²) in [7, 11) is 4.09. The Bertz CT molecular complexity index is 453. The van der Waals surface area contributed by atoms with Crippen LogP contribution < -0.4 is 10.6 Å². The molecule has 0 saturated carbocycles. The van der Waals surface area contributed by atoms with Crippen LogP contribution in [0, 0.1) is 5.92 Å². The Morgan fingerprint density at radius 3 is 2.71 bits per heavy atom. The zero-order valence-corrected chi connectivity index (χ0v) is 13.2. The number of nitrogens with zero attached hydrogens (tertiary/aromatic N) is 1. The van der Waals surface area contributed by atoms with Gasteiger partial charge in [0.15, 0.2) is 0 Å². The molecule has 0 spiro atoms. The van der Waals surface area contributed by atoms with Crippen molar-refractivity contribution < 1.29 is 4.79 Å². The predicted octanol–water partition coefficient (Wildman–Crippen LogP) is 1.52. The maximum Gasteiger partial charge on any atom is 0.251 e. The highest BCUT2D eigenvalue weighted by Crippen LogP contribution is 2.15. The Balaban J connectivity index is 1.88. The van der Waals surface area contributed by atoms with Crippen LogP contribution in [-0.2, 0) is 6.42 Å². The molecule has 1 aromatic carbocycles. The molecule has 0 aliphatic carbocycles. The van der Waals surface area contributed by atoms with Crippen molar-refractivity contribution in [2.75, 3.05) is 40.3 Å². The van der Waals surface area contributed by atoms with Gasteiger partial charge >= 0.3 is 0 Å². The second-order valence-corrected chi connectivity index (χ2v) is 5.97. The summed E-state index contributed by atoms with van der Waals surface area (Å²) in [5.74, 6) is 0.690. The molecule has 0 aromatic heterocycles. The summed E-state index contributed by atoms with van der Waals surface area (Å²) >= 11 is 0. The Kier molecular flexibility index (Phi) is 6.21. The lowest BCUT2D eigenvalue weighted by atomic mass is 9.97. The fourth-order valence-electron chi connectivity index (χ4n) is 2.82. The Morgan fingerprint density at radius 2 is 2.00 bits per heavy atom. The number of amides is 1. The second-order valence-electron chi connectivity index (χ2n) is 5.97. The van der Waals surface area contributed by atoms with E-state index in [2.05, 4.69) is 22.6 Å². The fourth-order valence-corrected chi connectivity index (χ4v) is 2.82. The van der Waals surface area contributed by atoms with Crippen LogP contribution >= 0.6 is 0 Å². The third kappa shape index (κ3) is 4.83. The van der Waals surface area contributed by atoms with Gasteiger partial charge in [-0.1, -0.05) is 18.2 Å². The number of likely N-dealkylation sites (tertiary alicyclic amines) is 1. The van der Waals surface area contributed by atoms with Gasteiger partial charge in [-0.15, -0.1) is 0 Å². The molecule has 1 fully saturated rings. The van der Waals surface area contributed by atoms with Crippen molar-refractivity contribution in [1.29, 1.82) is 0 Å². The predicted molar refractivity (Wildman–Crippen MR) is 86.6 cm³/mol. The smallest absolute Gasteiger partial charge is 0.251 e. The van der Waals surface area contributed by atoms with Gasteiger partial charge in [-0.25, -0.2) is 0 Å². The molecule has 1 saturated heterocycles. The van der Waals surface area contributed by atoms with E-state index in [1.165, 1.54) is 12.8 Å². The van der Waals surface area contributed by atoms with Crippen molar-refractivity contribution in [2.45, 2.75) is 19.3 Å². The number of hydrogen-bond donors (Lipinski definition) is 2. The van der Waals surface area contributed by atoms with Crippen molar-refractivity contribution in [3.8, 4) is 0 Å². The van der Waals surface area contributed by atoms with Gasteiger partial charge in [-0.2, -0.15) is 0 Å². The fraction of sp³-hybridized carbons (Fsp3) is 0.588. The molecule has 1 heterocycles. The van der Waals surface area contributed by atoms with Crippen LogP contribution in [0.4, 0.5) is 0 Å². The topological polar surface area (TPSA) is 44.4 Å². The average Bonchev–Trinajstić information content (AvgIpc) is 2.52. The molecule has 4 heteroatoms. The molecule has 2 rings (SSSR count). The molecule has 1 aliphatic heterocycles. The number of carbonyl (C=O) groups excluding carboxylic acids is 1. The lowest BCUT2D eigenvalue weighted by Crippen LogP contribution is -2.37. The van der Waals surface area contributed by atoms with Crippen LogP contribution in [0.1, 0.15) is 28.8 Å². The van der Waals surface area contributed by atoms with Gasteiger partial charge in [0, 0.05) is 12.1 Å².